The number of hydrogen-bond acceptors (Lipinski definition) is 5. The third-order valence-corrected chi connectivity index (χ3v) is 6.54. The minimum Gasteiger partial charge on any atom is -0.488 e. The van der Waals surface area contributed by atoms with Crippen molar-refractivity contribution in [2.45, 2.75) is 57.7 Å². The number of para-hydroxylation sites is 2. The van der Waals surface area contributed by atoms with Crippen LogP contribution in [0.4, 0.5) is 0 Å². The fraction of sp³-hybridized carbons (Fsp3) is 0.393. The van der Waals surface area contributed by atoms with Gasteiger partial charge in [0, 0.05) is 30.1 Å². The molecule has 2 amide bonds. The van der Waals surface area contributed by atoms with Gasteiger partial charge in [0.05, 0.1) is 17.6 Å². The number of ketones is 1. The third-order valence-electron chi connectivity index (χ3n) is 6.54. The summed E-state index contributed by atoms with van der Waals surface area (Å²) >= 11 is 0. The molecule has 3 aromatic rings. The number of benzene rings is 2. The molecule has 8 nitrogen and oxygen atoms in total. The first-order valence-electron chi connectivity index (χ1n) is 12.3. The van der Waals surface area contributed by atoms with Gasteiger partial charge in [-0.25, -0.2) is 0 Å². The molecule has 1 aliphatic rings. The Morgan fingerprint density at radius 2 is 1.89 bits per heavy atom. The number of nitrogens with zero attached hydrogens (tertiary/aromatic N) is 1. The van der Waals surface area contributed by atoms with Crippen LogP contribution in [0.5, 0.6) is 5.75 Å². The van der Waals surface area contributed by atoms with Gasteiger partial charge in [-0.1, -0.05) is 30.3 Å². The molecule has 8 heteroatoms. The summed E-state index contributed by atoms with van der Waals surface area (Å²) in [6.07, 6.45) is 3.49. The molecular weight excluding hydrogens is 456 g/mol. The number of aromatic nitrogens is 1. The van der Waals surface area contributed by atoms with Crippen molar-refractivity contribution in [3.63, 3.8) is 0 Å². The van der Waals surface area contributed by atoms with E-state index in [1.165, 1.54) is 6.92 Å². The van der Waals surface area contributed by atoms with Gasteiger partial charge in [0.25, 0.3) is 0 Å². The fourth-order valence-electron chi connectivity index (χ4n) is 4.56. The second-order valence-corrected chi connectivity index (χ2v) is 10.0. The van der Waals surface area contributed by atoms with Crippen molar-refractivity contribution in [2.75, 3.05) is 13.1 Å². The zero-order valence-electron chi connectivity index (χ0n) is 21.0. The molecule has 1 aliphatic heterocycles. The van der Waals surface area contributed by atoms with Crippen molar-refractivity contribution < 1.29 is 19.1 Å². The van der Waals surface area contributed by atoms with Crippen molar-refractivity contribution in [1.29, 1.82) is 0 Å². The predicted octanol–water partition coefficient (Wildman–Crippen LogP) is 3.21. The molecule has 0 radical (unpaired) electrons. The van der Waals surface area contributed by atoms with Crippen molar-refractivity contribution in [3.8, 4) is 5.75 Å². The summed E-state index contributed by atoms with van der Waals surface area (Å²) in [5.74, 6) is -0.106. The van der Waals surface area contributed by atoms with E-state index in [2.05, 4.69) is 10.3 Å². The summed E-state index contributed by atoms with van der Waals surface area (Å²) in [4.78, 5) is 43.5. The first kappa shape index (κ1) is 25.4. The van der Waals surface area contributed by atoms with Crippen LogP contribution in [-0.2, 0) is 16.0 Å². The molecule has 1 unspecified atom stereocenters. The lowest BCUT2D eigenvalue weighted by Gasteiger charge is -2.36. The molecule has 4 rings (SSSR count). The molecule has 0 aliphatic carbocycles. The van der Waals surface area contributed by atoms with Gasteiger partial charge in [0.2, 0.25) is 11.8 Å². The van der Waals surface area contributed by atoms with E-state index in [9.17, 15) is 14.4 Å². The molecule has 0 spiro atoms. The SMILES string of the molecule is CC(=O)c1ccccc1O[C@H]1CCCN(C(=O)C(Cc2c[nH]c3ccccc23)NC(=O)C(C)(C)N)C1. The van der Waals surface area contributed by atoms with Crippen LogP contribution in [0.15, 0.2) is 54.7 Å². The summed E-state index contributed by atoms with van der Waals surface area (Å²) in [6, 6.07) is 14.2. The maximum Gasteiger partial charge on any atom is 0.245 e. The summed E-state index contributed by atoms with van der Waals surface area (Å²) in [5, 5.41) is 3.90. The Balaban J connectivity index is 1.53. The van der Waals surface area contributed by atoms with Crippen LogP contribution >= 0.6 is 0 Å². The predicted molar refractivity (Wildman–Crippen MR) is 139 cm³/mol. The second-order valence-electron chi connectivity index (χ2n) is 10.0. The molecule has 0 saturated carbocycles. The van der Waals surface area contributed by atoms with Gasteiger partial charge in [-0.15, -0.1) is 0 Å². The van der Waals surface area contributed by atoms with Gasteiger partial charge in [0.1, 0.15) is 17.9 Å². The van der Waals surface area contributed by atoms with Gasteiger partial charge in [-0.2, -0.15) is 0 Å². The van der Waals surface area contributed by atoms with Gasteiger partial charge >= 0.3 is 0 Å². The molecule has 1 fully saturated rings. The Morgan fingerprint density at radius 1 is 1.17 bits per heavy atom. The van der Waals surface area contributed by atoms with Gasteiger partial charge in [0.15, 0.2) is 5.78 Å². The number of carbonyl (C=O) groups excluding carboxylic acids is 3. The fourth-order valence-corrected chi connectivity index (χ4v) is 4.56. The molecule has 2 heterocycles. The van der Waals surface area contributed by atoms with Crippen LogP contribution in [0.3, 0.4) is 0 Å². The van der Waals surface area contributed by atoms with Crippen LogP contribution in [0, 0.1) is 0 Å². The van der Waals surface area contributed by atoms with Crippen LogP contribution in [0.25, 0.3) is 10.9 Å². The number of fused-ring (bicyclic) bond motifs is 1. The first-order valence-corrected chi connectivity index (χ1v) is 12.3. The van der Waals surface area contributed by atoms with E-state index in [0.717, 1.165) is 29.3 Å². The van der Waals surface area contributed by atoms with E-state index < -0.39 is 11.6 Å². The summed E-state index contributed by atoms with van der Waals surface area (Å²) < 4.78 is 6.18. The van der Waals surface area contributed by atoms with Crippen molar-refractivity contribution in [2.24, 2.45) is 5.73 Å². The number of Topliss-reactive ketones (excluding diaryl/α,β-unsaturated/α-hetero) is 1. The number of ether oxygens (including phenoxy) is 1. The van der Waals surface area contributed by atoms with E-state index in [0.29, 0.717) is 30.8 Å². The molecule has 190 valence electrons. The van der Waals surface area contributed by atoms with E-state index >= 15 is 0 Å². The largest absolute Gasteiger partial charge is 0.488 e. The summed E-state index contributed by atoms with van der Waals surface area (Å²) in [7, 11) is 0. The topological polar surface area (TPSA) is 118 Å². The number of amides is 2. The van der Waals surface area contributed by atoms with Crippen LogP contribution in [-0.4, -0.2) is 58.3 Å². The monoisotopic (exact) mass is 490 g/mol. The average molecular weight is 491 g/mol. The Labute approximate surface area is 211 Å². The molecule has 1 aromatic heterocycles. The smallest absolute Gasteiger partial charge is 0.245 e. The number of nitrogens with one attached hydrogen (secondary N) is 2. The third kappa shape index (κ3) is 5.76. The van der Waals surface area contributed by atoms with Gasteiger partial charge < -0.3 is 25.7 Å². The Morgan fingerprint density at radius 3 is 2.64 bits per heavy atom. The van der Waals surface area contributed by atoms with Crippen molar-refractivity contribution in [1.82, 2.24) is 15.2 Å². The molecule has 36 heavy (non-hydrogen) atoms. The minimum atomic E-state index is -1.12. The highest BCUT2D eigenvalue weighted by Gasteiger charge is 2.34. The van der Waals surface area contributed by atoms with Crippen LogP contribution < -0.4 is 15.8 Å². The zero-order valence-corrected chi connectivity index (χ0v) is 21.0. The second kappa shape index (κ2) is 10.5. The Kier molecular flexibility index (Phi) is 7.45. The number of likely N-dealkylation sites (tertiary alicyclic amines) is 1. The number of piperidine rings is 1. The quantitative estimate of drug-likeness (QED) is 0.419. The maximum absolute atomic E-state index is 13.7. The van der Waals surface area contributed by atoms with Crippen LogP contribution in [0.1, 0.15) is 49.5 Å². The highest BCUT2D eigenvalue weighted by molar-refractivity contribution is 5.96. The number of aromatic amines is 1. The average Bonchev–Trinajstić information content (AvgIpc) is 3.25. The lowest BCUT2D eigenvalue weighted by molar-refractivity contribution is -0.139. The van der Waals surface area contributed by atoms with E-state index in [-0.39, 0.29) is 23.7 Å². The maximum atomic E-state index is 13.7. The van der Waals surface area contributed by atoms with Crippen molar-refractivity contribution in [3.05, 3.63) is 65.9 Å². The van der Waals surface area contributed by atoms with E-state index in [1.807, 2.05) is 36.5 Å². The van der Waals surface area contributed by atoms with Crippen molar-refractivity contribution >= 4 is 28.5 Å². The minimum absolute atomic E-state index is 0.0692. The summed E-state index contributed by atoms with van der Waals surface area (Å²) in [5.41, 5.74) is 7.34. The lowest BCUT2D eigenvalue weighted by atomic mass is 9.99. The molecule has 2 atom stereocenters. The highest BCUT2D eigenvalue weighted by Crippen LogP contribution is 2.25. The van der Waals surface area contributed by atoms with E-state index in [4.69, 9.17) is 10.5 Å². The van der Waals surface area contributed by atoms with E-state index in [1.54, 1.807) is 36.9 Å². The van der Waals surface area contributed by atoms with Gasteiger partial charge in [-0.3, -0.25) is 14.4 Å². The number of hydrogen-bond donors (Lipinski definition) is 3. The normalized spacial score (nSPS) is 17.0. The molecule has 1 saturated heterocycles. The highest BCUT2D eigenvalue weighted by atomic mass is 16.5. The molecular formula is C28H34N4O4. The zero-order chi connectivity index (χ0) is 25.9. The first-order chi connectivity index (χ1) is 17.1. The molecule has 0 bridgehead atoms. The number of carbonyl (C=O) groups is 3. The number of nitrogens with two attached hydrogens (primary N) is 1. The summed E-state index contributed by atoms with van der Waals surface area (Å²) in [6.45, 7) is 5.69. The van der Waals surface area contributed by atoms with Crippen LogP contribution in [0.2, 0.25) is 0 Å². The standard InChI is InChI=1S/C28H34N4O4/c1-18(33)21-10-5-7-13-25(21)36-20-9-8-14-32(17-20)26(34)24(31-27(35)28(2,3)29)15-19-16-30-23-12-6-4-11-22(19)23/h4-7,10-13,16,20,24,30H,8-9,14-15,17,29H2,1-3H3,(H,31,35)/t20-,24?/m0/s1. The Bertz CT molecular complexity index is 1260. The number of H-pyrrole nitrogens is 1. The van der Waals surface area contributed by atoms with Gasteiger partial charge in [-0.05, 0) is 57.4 Å². The lowest BCUT2D eigenvalue weighted by Crippen LogP contribution is -2.58. The molecule has 4 N–H and O–H groups in total. The molecule has 2 aromatic carbocycles. The Hall–Kier alpha value is -3.65. The number of rotatable bonds is 8.